The minimum absolute atomic E-state index is 0.0547. The second-order valence-corrected chi connectivity index (χ2v) is 26.4. The Bertz CT molecular complexity index is 1490. The lowest BCUT2D eigenvalue weighted by atomic mass is 10.0. The predicted molar refractivity (Wildman–Crippen MR) is 350 cm³/mol. The lowest BCUT2D eigenvalue weighted by molar-refractivity contribution is -0.870. The van der Waals surface area contributed by atoms with Gasteiger partial charge in [0, 0.05) is 6.42 Å². The van der Waals surface area contributed by atoms with Gasteiger partial charge in [-0.05, 0) is 70.6 Å². The highest BCUT2D eigenvalue weighted by atomic mass is 31.2. The van der Waals surface area contributed by atoms with Crippen LogP contribution in [-0.4, -0.2) is 73.4 Å². The zero-order valence-corrected chi connectivity index (χ0v) is 54.7. The number of quaternary nitrogens is 1. The first-order valence-electron chi connectivity index (χ1n) is 34.7. The first-order valence-corrected chi connectivity index (χ1v) is 36.2. The molecule has 0 spiro atoms. The molecule has 9 heteroatoms. The van der Waals surface area contributed by atoms with Crippen molar-refractivity contribution < 1.29 is 32.9 Å². The van der Waals surface area contributed by atoms with Crippen LogP contribution >= 0.6 is 7.82 Å². The molecule has 0 rings (SSSR count). The average molecular weight is 1140 g/mol. The third-order valence-electron chi connectivity index (χ3n) is 15.7. The molecule has 470 valence electrons. The number of nitrogens with one attached hydrogen (secondary N) is 1. The van der Waals surface area contributed by atoms with Gasteiger partial charge in [-0.25, -0.2) is 4.57 Å². The SMILES string of the molecule is CCCCCCC/C=C\C/C=C\C/C=C\CCCCCCCCCCCCCCC(=O)NC(COP(=O)(O)OCC[N+](C)(C)C)C(O)/C=C/CC/C=C/CCCCCCCCCCCCCCCCCCCCCCCCCCC. The van der Waals surface area contributed by atoms with Gasteiger partial charge in [-0.15, -0.1) is 0 Å². The minimum Gasteiger partial charge on any atom is -0.387 e. The van der Waals surface area contributed by atoms with Gasteiger partial charge in [-0.3, -0.25) is 13.8 Å². The number of phosphoric ester groups is 1. The Morgan fingerprint density at radius 1 is 0.425 bits per heavy atom. The van der Waals surface area contributed by atoms with Gasteiger partial charge in [0.25, 0.3) is 0 Å². The van der Waals surface area contributed by atoms with Crippen molar-refractivity contribution in [1.29, 1.82) is 0 Å². The second kappa shape index (κ2) is 61.8. The number of carbonyl (C=O) groups excluding carboxylic acids is 1. The number of unbranched alkanes of at least 4 members (excludes halogenated alkanes) is 43. The maximum atomic E-state index is 13.0. The molecule has 0 saturated carbocycles. The minimum atomic E-state index is -4.36. The van der Waals surface area contributed by atoms with E-state index in [-0.39, 0.29) is 19.1 Å². The quantitative estimate of drug-likeness (QED) is 0.0243. The number of phosphoric acid groups is 1. The average Bonchev–Trinajstić information content (AvgIpc) is 3.42. The summed E-state index contributed by atoms with van der Waals surface area (Å²) in [6, 6.07) is -0.869. The first kappa shape index (κ1) is 78.2. The van der Waals surface area contributed by atoms with E-state index in [1.807, 2.05) is 27.2 Å². The third-order valence-corrected chi connectivity index (χ3v) is 16.7. The van der Waals surface area contributed by atoms with Gasteiger partial charge < -0.3 is 19.8 Å². The maximum absolute atomic E-state index is 13.0. The highest BCUT2D eigenvalue weighted by Gasteiger charge is 2.28. The predicted octanol–water partition coefficient (Wildman–Crippen LogP) is 22.0. The fourth-order valence-corrected chi connectivity index (χ4v) is 11.0. The zero-order valence-electron chi connectivity index (χ0n) is 53.8. The van der Waals surface area contributed by atoms with Crippen LogP contribution in [0.5, 0.6) is 0 Å². The summed E-state index contributed by atoms with van der Waals surface area (Å²) in [4.78, 5) is 23.4. The molecule has 80 heavy (non-hydrogen) atoms. The summed E-state index contributed by atoms with van der Waals surface area (Å²) in [7, 11) is 1.56. The Labute approximate surface area is 498 Å². The molecular weight excluding hydrogens is 1010 g/mol. The lowest BCUT2D eigenvalue weighted by Gasteiger charge is -2.25. The van der Waals surface area contributed by atoms with Crippen molar-refractivity contribution in [3.63, 3.8) is 0 Å². The summed E-state index contributed by atoms with van der Waals surface area (Å²) in [5.74, 6) is -0.186. The van der Waals surface area contributed by atoms with Crippen LogP contribution < -0.4 is 5.32 Å². The summed E-state index contributed by atoms with van der Waals surface area (Å²) < 4.78 is 23.8. The van der Waals surface area contributed by atoms with Crippen molar-refractivity contribution in [2.24, 2.45) is 0 Å². The van der Waals surface area contributed by atoms with Crippen molar-refractivity contribution in [3.05, 3.63) is 60.8 Å². The molecule has 0 aromatic heterocycles. The van der Waals surface area contributed by atoms with Gasteiger partial charge in [0.15, 0.2) is 0 Å². The molecular formula is C71H136N2O6P+. The molecule has 0 aliphatic heterocycles. The van der Waals surface area contributed by atoms with Gasteiger partial charge in [0.2, 0.25) is 5.91 Å². The highest BCUT2D eigenvalue weighted by Crippen LogP contribution is 2.43. The van der Waals surface area contributed by atoms with Gasteiger partial charge in [0.05, 0.1) is 39.9 Å². The van der Waals surface area contributed by atoms with Crippen LogP contribution in [-0.2, 0) is 18.4 Å². The number of hydrogen-bond donors (Lipinski definition) is 3. The fourth-order valence-electron chi connectivity index (χ4n) is 10.3. The Morgan fingerprint density at radius 3 is 1.09 bits per heavy atom. The Balaban J connectivity index is 4.12. The summed E-state index contributed by atoms with van der Waals surface area (Å²) in [6.45, 7) is 4.82. The molecule has 1 amide bonds. The molecule has 3 N–H and O–H groups in total. The lowest BCUT2D eigenvalue weighted by Crippen LogP contribution is -2.45. The Morgan fingerprint density at radius 2 is 0.725 bits per heavy atom. The van der Waals surface area contributed by atoms with Crippen LogP contribution in [0.2, 0.25) is 0 Å². The van der Waals surface area contributed by atoms with Crippen LogP contribution in [0.25, 0.3) is 0 Å². The zero-order chi connectivity index (χ0) is 58.4. The van der Waals surface area contributed by atoms with E-state index in [1.54, 1.807) is 6.08 Å². The van der Waals surface area contributed by atoms with Crippen molar-refractivity contribution in [1.82, 2.24) is 5.32 Å². The van der Waals surface area contributed by atoms with E-state index in [9.17, 15) is 19.4 Å². The molecule has 0 saturated heterocycles. The second-order valence-electron chi connectivity index (χ2n) is 24.9. The third kappa shape index (κ3) is 63.8. The van der Waals surface area contributed by atoms with Crippen LogP contribution in [0.3, 0.4) is 0 Å². The molecule has 8 nitrogen and oxygen atoms in total. The standard InChI is InChI=1S/C71H135N2O6P/c1-6-8-10-12-14-16-18-20-22-24-26-28-30-32-34-35-36-37-39-40-42-44-46-48-50-52-54-56-58-60-62-64-70(74)69(68-79-80(76,77)78-67-66-73(3,4)5)72-71(75)65-63-61-59-57-55-53-51-49-47-45-43-41-38-33-31-29-27-25-23-21-19-17-15-13-11-9-7-2/h19,21,25,27,31,33,54,56,62,64,69-70,74H,6-18,20,22-24,26,28-30,32,34-53,55,57-61,63,65-68H2,1-5H3,(H-,72,75,76,77)/p+1/b21-19-,27-25-,33-31-,56-54+,64-62+. The number of amides is 1. The van der Waals surface area contributed by atoms with E-state index in [4.69, 9.17) is 9.05 Å². The van der Waals surface area contributed by atoms with Crippen molar-refractivity contribution >= 4 is 13.7 Å². The van der Waals surface area contributed by atoms with Gasteiger partial charge in [-0.1, -0.05) is 319 Å². The van der Waals surface area contributed by atoms with Crippen LogP contribution in [0.15, 0.2) is 60.8 Å². The molecule has 0 aromatic rings. The van der Waals surface area contributed by atoms with Crippen molar-refractivity contribution in [2.75, 3.05) is 40.9 Å². The number of nitrogens with zero attached hydrogens (tertiary/aromatic N) is 1. The highest BCUT2D eigenvalue weighted by molar-refractivity contribution is 7.47. The largest absolute Gasteiger partial charge is 0.472 e. The van der Waals surface area contributed by atoms with Gasteiger partial charge >= 0.3 is 7.82 Å². The van der Waals surface area contributed by atoms with E-state index >= 15 is 0 Å². The number of aliphatic hydroxyl groups is 1. The number of aliphatic hydroxyl groups excluding tert-OH is 1. The molecule has 0 aliphatic rings. The molecule has 3 atom stereocenters. The van der Waals surface area contributed by atoms with E-state index in [1.165, 1.54) is 263 Å². The first-order chi connectivity index (χ1) is 39.0. The molecule has 0 fully saturated rings. The summed E-state index contributed by atoms with van der Waals surface area (Å²) >= 11 is 0. The van der Waals surface area contributed by atoms with Crippen LogP contribution in [0.1, 0.15) is 335 Å². The van der Waals surface area contributed by atoms with Crippen LogP contribution in [0, 0.1) is 0 Å². The molecule has 0 aromatic carbocycles. The van der Waals surface area contributed by atoms with E-state index in [0.717, 1.165) is 51.4 Å². The Kier molecular flexibility index (Phi) is 60.4. The van der Waals surface area contributed by atoms with E-state index < -0.39 is 20.0 Å². The van der Waals surface area contributed by atoms with Crippen molar-refractivity contribution in [2.45, 2.75) is 347 Å². The monoisotopic (exact) mass is 1140 g/mol. The summed E-state index contributed by atoms with van der Waals surface area (Å²) in [5.41, 5.74) is 0. The Hall–Kier alpha value is -1.80. The number of allylic oxidation sites excluding steroid dienone is 9. The molecule has 0 aliphatic carbocycles. The molecule has 0 bridgehead atoms. The topological polar surface area (TPSA) is 105 Å². The number of hydrogen-bond acceptors (Lipinski definition) is 5. The smallest absolute Gasteiger partial charge is 0.387 e. The number of rotatable bonds is 64. The van der Waals surface area contributed by atoms with E-state index in [0.29, 0.717) is 17.4 Å². The van der Waals surface area contributed by atoms with Crippen molar-refractivity contribution in [3.8, 4) is 0 Å². The fraction of sp³-hybridized carbons (Fsp3) is 0.845. The normalized spacial score (nSPS) is 14.0. The molecule has 3 unspecified atom stereocenters. The van der Waals surface area contributed by atoms with Crippen LogP contribution in [0.4, 0.5) is 0 Å². The molecule has 0 heterocycles. The molecule has 0 radical (unpaired) electrons. The van der Waals surface area contributed by atoms with Gasteiger partial charge in [0.1, 0.15) is 13.2 Å². The maximum Gasteiger partial charge on any atom is 0.472 e. The number of carbonyl (C=O) groups is 1. The number of likely N-dealkylation sites (N-methyl/N-ethyl adjacent to an activating group) is 1. The van der Waals surface area contributed by atoms with Gasteiger partial charge in [-0.2, -0.15) is 0 Å². The summed E-state index contributed by atoms with van der Waals surface area (Å²) in [5, 5.41) is 14.0. The summed E-state index contributed by atoms with van der Waals surface area (Å²) in [6.07, 6.45) is 85.1. The van der Waals surface area contributed by atoms with E-state index in [2.05, 4.69) is 67.8 Å².